The van der Waals surface area contributed by atoms with Gasteiger partial charge in [-0.05, 0) is 66.8 Å². The molecule has 0 radical (unpaired) electrons. The molecule has 0 saturated heterocycles. The van der Waals surface area contributed by atoms with Gasteiger partial charge in [0.1, 0.15) is 17.4 Å². The van der Waals surface area contributed by atoms with Gasteiger partial charge in [0.25, 0.3) is 11.8 Å². The highest BCUT2D eigenvalue weighted by molar-refractivity contribution is 6.19. The molecule has 0 aromatic heterocycles. The second-order valence-corrected chi connectivity index (χ2v) is 7.79. The highest BCUT2D eigenvalue weighted by atomic mass is 16.5. The lowest BCUT2D eigenvalue weighted by Crippen LogP contribution is -2.43. The Bertz CT molecular complexity index is 1170. The van der Waals surface area contributed by atoms with E-state index >= 15 is 0 Å². The topological polar surface area (TPSA) is 88.9 Å². The first-order valence-electron chi connectivity index (χ1n) is 11.1. The van der Waals surface area contributed by atoms with Gasteiger partial charge >= 0.3 is 0 Å². The maximum Gasteiger partial charge on any atom is 0.271 e. The summed E-state index contributed by atoms with van der Waals surface area (Å²) in [6, 6.07) is 14.8. The molecular weight excluding hydrogens is 432 g/mol. The smallest absolute Gasteiger partial charge is 0.271 e. The number of nitrogens with zero attached hydrogens (tertiary/aromatic N) is 2. The van der Waals surface area contributed by atoms with Crippen LogP contribution in [0.1, 0.15) is 31.4 Å². The summed E-state index contributed by atoms with van der Waals surface area (Å²) in [5.41, 5.74) is 2.33. The number of ether oxygens (including phenoxy) is 3. The van der Waals surface area contributed by atoms with Gasteiger partial charge in [0.05, 0.1) is 20.8 Å². The molecule has 0 aliphatic carbocycles. The molecular formula is C27H28N2O5. The third-order valence-electron chi connectivity index (χ3n) is 5.56. The SMILES string of the molecule is CCCOc1ccc(/C=C2/C(=O)N(CCc3ccc(OC)c(OC)c3)C(=O)C(C#N)=C2C)cc1. The number of methoxy groups -OCH3 is 2. The summed E-state index contributed by atoms with van der Waals surface area (Å²) in [5, 5.41) is 9.61. The number of carbonyl (C=O) groups excluding carboxylic acids is 2. The number of imide groups is 1. The minimum absolute atomic E-state index is 0.0268. The molecule has 0 bridgehead atoms. The van der Waals surface area contributed by atoms with Crippen molar-refractivity contribution in [1.82, 2.24) is 4.90 Å². The number of hydrogen-bond acceptors (Lipinski definition) is 6. The van der Waals surface area contributed by atoms with Crippen LogP contribution >= 0.6 is 0 Å². The molecule has 2 aromatic carbocycles. The van der Waals surface area contributed by atoms with Crippen LogP contribution < -0.4 is 14.2 Å². The van der Waals surface area contributed by atoms with Crippen molar-refractivity contribution in [3.05, 3.63) is 70.3 Å². The average Bonchev–Trinajstić information content (AvgIpc) is 2.86. The number of rotatable bonds is 9. The fourth-order valence-corrected chi connectivity index (χ4v) is 3.66. The molecule has 2 aromatic rings. The first-order chi connectivity index (χ1) is 16.4. The molecule has 7 heteroatoms. The third-order valence-corrected chi connectivity index (χ3v) is 5.56. The quantitative estimate of drug-likeness (QED) is 0.409. The fourth-order valence-electron chi connectivity index (χ4n) is 3.66. The van der Waals surface area contributed by atoms with Crippen LogP contribution in [0.25, 0.3) is 6.08 Å². The Labute approximate surface area is 199 Å². The minimum Gasteiger partial charge on any atom is -0.494 e. The molecule has 34 heavy (non-hydrogen) atoms. The molecule has 1 aliphatic rings. The van der Waals surface area contributed by atoms with E-state index < -0.39 is 11.8 Å². The summed E-state index contributed by atoms with van der Waals surface area (Å²) < 4.78 is 16.2. The van der Waals surface area contributed by atoms with Gasteiger partial charge in [0, 0.05) is 12.1 Å². The zero-order valence-electron chi connectivity index (χ0n) is 19.9. The molecule has 0 spiro atoms. The fraction of sp³-hybridized carbons (Fsp3) is 0.296. The maximum atomic E-state index is 13.3. The normalized spacial score (nSPS) is 14.9. The van der Waals surface area contributed by atoms with Gasteiger partial charge in [0.15, 0.2) is 11.5 Å². The van der Waals surface area contributed by atoms with Crippen LogP contribution in [0.3, 0.4) is 0 Å². The molecule has 0 N–H and O–H groups in total. The van der Waals surface area contributed by atoms with Crippen LogP contribution in [0.15, 0.2) is 59.2 Å². The Morgan fingerprint density at radius 2 is 1.71 bits per heavy atom. The van der Waals surface area contributed by atoms with Crippen molar-refractivity contribution in [2.45, 2.75) is 26.7 Å². The van der Waals surface area contributed by atoms with E-state index in [-0.39, 0.29) is 12.1 Å². The third kappa shape index (κ3) is 5.29. The van der Waals surface area contributed by atoms with Gasteiger partial charge in [-0.3, -0.25) is 14.5 Å². The average molecular weight is 461 g/mol. The highest BCUT2D eigenvalue weighted by Gasteiger charge is 2.35. The lowest BCUT2D eigenvalue weighted by Gasteiger charge is -2.27. The zero-order chi connectivity index (χ0) is 24.7. The van der Waals surface area contributed by atoms with Crippen molar-refractivity contribution in [3.63, 3.8) is 0 Å². The van der Waals surface area contributed by atoms with Crippen molar-refractivity contribution in [2.75, 3.05) is 27.4 Å². The van der Waals surface area contributed by atoms with Crippen LogP contribution in [0.4, 0.5) is 0 Å². The summed E-state index contributed by atoms with van der Waals surface area (Å²) in [5.74, 6) is 0.907. The van der Waals surface area contributed by atoms with E-state index in [1.807, 2.05) is 49.4 Å². The molecule has 176 valence electrons. The molecule has 0 unspecified atom stereocenters. The van der Waals surface area contributed by atoms with E-state index in [2.05, 4.69) is 0 Å². The minimum atomic E-state index is -0.578. The Morgan fingerprint density at radius 3 is 2.32 bits per heavy atom. The molecule has 0 saturated carbocycles. The molecule has 1 aliphatic heterocycles. The summed E-state index contributed by atoms with van der Waals surface area (Å²) in [6.45, 7) is 4.42. The van der Waals surface area contributed by atoms with Crippen LogP contribution in [0, 0.1) is 11.3 Å². The van der Waals surface area contributed by atoms with E-state index in [0.717, 1.165) is 28.2 Å². The predicted octanol–water partition coefficient (Wildman–Crippen LogP) is 4.33. The van der Waals surface area contributed by atoms with Crippen LogP contribution in [0.2, 0.25) is 0 Å². The van der Waals surface area contributed by atoms with Crippen LogP contribution in [-0.2, 0) is 16.0 Å². The monoisotopic (exact) mass is 460 g/mol. The Kier molecular flexibility index (Phi) is 8.10. The molecule has 1 heterocycles. The number of benzene rings is 2. The number of nitriles is 1. The summed E-state index contributed by atoms with van der Waals surface area (Å²) in [7, 11) is 3.10. The summed E-state index contributed by atoms with van der Waals surface area (Å²) in [6.07, 6.45) is 3.02. The lowest BCUT2D eigenvalue weighted by molar-refractivity contribution is -0.140. The van der Waals surface area contributed by atoms with E-state index in [9.17, 15) is 14.9 Å². The Balaban J connectivity index is 1.86. The van der Waals surface area contributed by atoms with E-state index in [4.69, 9.17) is 14.2 Å². The van der Waals surface area contributed by atoms with Crippen molar-refractivity contribution >= 4 is 17.9 Å². The molecule has 3 rings (SSSR count). The standard InChI is InChI=1S/C27H28N2O5/c1-5-14-34-21-9-6-19(7-10-21)15-22-18(2)23(17-28)27(31)29(26(22)30)13-12-20-8-11-24(32-3)25(16-20)33-4/h6-11,15-16H,5,12-14H2,1-4H3/b22-15+. The van der Waals surface area contributed by atoms with Crippen molar-refractivity contribution in [3.8, 4) is 23.3 Å². The maximum absolute atomic E-state index is 13.3. The van der Waals surface area contributed by atoms with E-state index in [1.54, 1.807) is 33.3 Å². The van der Waals surface area contributed by atoms with E-state index in [1.165, 1.54) is 0 Å². The van der Waals surface area contributed by atoms with Crippen molar-refractivity contribution < 1.29 is 23.8 Å². The second kappa shape index (κ2) is 11.2. The Morgan fingerprint density at radius 1 is 1.00 bits per heavy atom. The summed E-state index contributed by atoms with van der Waals surface area (Å²) in [4.78, 5) is 27.3. The zero-order valence-corrected chi connectivity index (χ0v) is 19.9. The number of hydrogen-bond donors (Lipinski definition) is 0. The predicted molar refractivity (Wildman–Crippen MR) is 128 cm³/mol. The van der Waals surface area contributed by atoms with Gasteiger partial charge in [-0.2, -0.15) is 5.26 Å². The van der Waals surface area contributed by atoms with Gasteiger partial charge < -0.3 is 14.2 Å². The largest absolute Gasteiger partial charge is 0.494 e. The Hall–Kier alpha value is -4.05. The second-order valence-electron chi connectivity index (χ2n) is 7.79. The first-order valence-corrected chi connectivity index (χ1v) is 11.1. The molecule has 7 nitrogen and oxygen atoms in total. The highest BCUT2D eigenvalue weighted by Crippen LogP contribution is 2.30. The first kappa shape index (κ1) is 24.6. The number of carbonyl (C=O) groups is 2. The molecule has 2 amide bonds. The lowest BCUT2D eigenvalue weighted by atomic mass is 9.93. The van der Waals surface area contributed by atoms with Crippen molar-refractivity contribution in [1.29, 1.82) is 5.26 Å². The molecule has 0 atom stereocenters. The number of amides is 2. The van der Waals surface area contributed by atoms with Gasteiger partial charge in [-0.25, -0.2) is 0 Å². The van der Waals surface area contributed by atoms with E-state index in [0.29, 0.717) is 35.7 Å². The summed E-state index contributed by atoms with van der Waals surface area (Å²) >= 11 is 0. The van der Waals surface area contributed by atoms with Crippen LogP contribution in [0.5, 0.6) is 17.2 Å². The molecule has 0 fully saturated rings. The van der Waals surface area contributed by atoms with Gasteiger partial charge in [-0.15, -0.1) is 0 Å². The van der Waals surface area contributed by atoms with Crippen LogP contribution in [-0.4, -0.2) is 44.1 Å². The van der Waals surface area contributed by atoms with Crippen molar-refractivity contribution in [2.24, 2.45) is 0 Å². The van der Waals surface area contributed by atoms with Gasteiger partial charge in [0.2, 0.25) is 0 Å². The van der Waals surface area contributed by atoms with Gasteiger partial charge in [-0.1, -0.05) is 25.1 Å².